The zero-order valence-electron chi connectivity index (χ0n) is 5.84. The van der Waals surface area contributed by atoms with Crippen molar-refractivity contribution in [3.8, 4) is 0 Å². The molecule has 0 spiro atoms. The Hall–Kier alpha value is -0.0900. The van der Waals surface area contributed by atoms with Gasteiger partial charge in [-0.05, 0) is 24.0 Å². The molecule has 0 radical (unpaired) electrons. The van der Waals surface area contributed by atoms with Crippen molar-refractivity contribution >= 4 is 24.0 Å². The molecule has 0 bridgehead atoms. The van der Waals surface area contributed by atoms with Crippen molar-refractivity contribution in [2.75, 3.05) is 0 Å². The largest absolute Gasteiger partial charge is 0.344 e. The Balaban J connectivity index is 0.000000405. The second kappa shape index (κ2) is 3.93. The lowest BCUT2D eigenvalue weighted by Gasteiger charge is -2.16. The average molecular weight is 249 g/mol. The van der Waals surface area contributed by atoms with Gasteiger partial charge in [-0.25, -0.2) is 0 Å². The van der Waals surface area contributed by atoms with Crippen molar-refractivity contribution in [1.29, 1.82) is 0 Å². The van der Waals surface area contributed by atoms with Crippen LogP contribution < -0.4 is 6.15 Å². The Kier molecular flexibility index (Phi) is 3.89. The molecule has 56 valence electrons. The van der Waals surface area contributed by atoms with E-state index < -0.39 is 0 Å². The molecule has 0 atom stereocenters. The maximum Gasteiger partial charge on any atom is -0.0235 e. The summed E-state index contributed by atoms with van der Waals surface area (Å²) >= 11 is 0. The number of benzene rings is 1. The molecular formula is C8H12IN. The van der Waals surface area contributed by atoms with Gasteiger partial charge < -0.3 is 6.15 Å². The van der Waals surface area contributed by atoms with Crippen LogP contribution in [0.25, 0.3) is 0 Å². The molecule has 3 N–H and O–H groups in total. The van der Waals surface area contributed by atoms with E-state index in [1.807, 2.05) is 0 Å². The molecule has 0 fully saturated rings. The molecular weight excluding hydrogens is 237 g/mol. The highest BCUT2D eigenvalue weighted by Gasteiger charge is 2.09. The molecule has 0 saturated carbocycles. The van der Waals surface area contributed by atoms with E-state index in [0.29, 0.717) is 0 Å². The lowest BCUT2D eigenvalue weighted by molar-refractivity contribution is 0.839. The molecule has 2 rings (SSSR count). The molecule has 0 unspecified atom stereocenters. The van der Waals surface area contributed by atoms with Crippen LogP contribution in [-0.4, -0.2) is 0 Å². The van der Waals surface area contributed by atoms with Crippen molar-refractivity contribution in [1.82, 2.24) is 6.15 Å². The van der Waals surface area contributed by atoms with E-state index >= 15 is 0 Å². The Morgan fingerprint density at radius 3 is 1.50 bits per heavy atom. The van der Waals surface area contributed by atoms with E-state index in [-0.39, 0.29) is 30.1 Å². The third kappa shape index (κ3) is 1.49. The number of fused-ring (bicyclic) bond motifs is 1. The fraction of sp³-hybridized carbons (Fsp3) is 0.250. The molecule has 1 nitrogen and oxygen atoms in total. The fourth-order valence-electron chi connectivity index (χ4n) is 1.14. The summed E-state index contributed by atoms with van der Waals surface area (Å²) in [5.74, 6) is 0. The number of hydrogen-bond donors (Lipinski definition) is 1. The van der Waals surface area contributed by atoms with E-state index in [9.17, 15) is 0 Å². The standard InChI is InChI=1S/C8H8.HI.H3N/c1-2-4-8-6-5-7(8)3-1;;/h1-4H,5-6H2;1H;1H3. The van der Waals surface area contributed by atoms with E-state index in [1.165, 1.54) is 12.8 Å². The third-order valence-electron chi connectivity index (χ3n) is 1.78. The van der Waals surface area contributed by atoms with Crippen molar-refractivity contribution in [3.05, 3.63) is 35.4 Å². The highest BCUT2D eigenvalue weighted by molar-refractivity contribution is 14.0. The average Bonchev–Trinajstić information content (AvgIpc) is 1.72. The summed E-state index contributed by atoms with van der Waals surface area (Å²) in [6.45, 7) is 0. The van der Waals surface area contributed by atoms with Gasteiger partial charge >= 0.3 is 0 Å². The topological polar surface area (TPSA) is 35.0 Å². The van der Waals surface area contributed by atoms with Gasteiger partial charge in [-0.2, -0.15) is 0 Å². The smallest absolute Gasteiger partial charge is 0.0235 e. The van der Waals surface area contributed by atoms with Gasteiger partial charge in [0.05, 0.1) is 0 Å². The van der Waals surface area contributed by atoms with E-state index in [2.05, 4.69) is 24.3 Å². The van der Waals surface area contributed by atoms with Gasteiger partial charge in [-0.1, -0.05) is 24.3 Å². The van der Waals surface area contributed by atoms with Crippen LogP contribution in [0, 0.1) is 0 Å². The maximum absolute atomic E-state index is 2.21. The lowest BCUT2D eigenvalue weighted by atomic mass is 9.89. The van der Waals surface area contributed by atoms with Crippen molar-refractivity contribution in [2.45, 2.75) is 12.8 Å². The van der Waals surface area contributed by atoms with E-state index in [4.69, 9.17) is 0 Å². The molecule has 1 aliphatic carbocycles. The number of aryl methyl sites for hydroxylation is 2. The Morgan fingerprint density at radius 1 is 0.900 bits per heavy atom. The normalized spacial score (nSPS) is 11.6. The predicted octanol–water partition coefficient (Wildman–Crippen LogP) is 2.57. The molecule has 0 amide bonds. The van der Waals surface area contributed by atoms with Gasteiger partial charge in [0.25, 0.3) is 0 Å². The van der Waals surface area contributed by atoms with Gasteiger partial charge in [-0.3, -0.25) is 0 Å². The van der Waals surface area contributed by atoms with Crippen LogP contribution in [0.15, 0.2) is 24.3 Å². The Bertz CT molecular complexity index is 187. The summed E-state index contributed by atoms with van der Waals surface area (Å²) in [6, 6.07) is 8.63. The van der Waals surface area contributed by atoms with Crippen LogP contribution in [0.4, 0.5) is 0 Å². The van der Waals surface area contributed by atoms with Gasteiger partial charge in [-0.15, -0.1) is 24.0 Å². The van der Waals surface area contributed by atoms with Crippen LogP contribution in [-0.2, 0) is 12.8 Å². The summed E-state index contributed by atoms with van der Waals surface area (Å²) in [4.78, 5) is 0. The van der Waals surface area contributed by atoms with Crippen molar-refractivity contribution in [2.24, 2.45) is 0 Å². The number of halogens is 1. The zero-order valence-corrected chi connectivity index (χ0v) is 8.17. The molecule has 0 aliphatic heterocycles. The van der Waals surface area contributed by atoms with Gasteiger partial charge in [0.2, 0.25) is 0 Å². The van der Waals surface area contributed by atoms with Crippen LogP contribution in [0.1, 0.15) is 11.1 Å². The monoisotopic (exact) mass is 249 g/mol. The lowest BCUT2D eigenvalue weighted by Crippen LogP contribution is -2.06. The van der Waals surface area contributed by atoms with Crippen molar-refractivity contribution < 1.29 is 0 Å². The summed E-state index contributed by atoms with van der Waals surface area (Å²) < 4.78 is 0. The minimum Gasteiger partial charge on any atom is -0.344 e. The zero-order chi connectivity index (χ0) is 5.40. The number of hydrogen-bond acceptors (Lipinski definition) is 1. The van der Waals surface area contributed by atoms with Crippen molar-refractivity contribution in [3.63, 3.8) is 0 Å². The molecule has 1 aromatic carbocycles. The van der Waals surface area contributed by atoms with E-state index in [1.54, 1.807) is 11.1 Å². The van der Waals surface area contributed by atoms with E-state index in [0.717, 1.165) is 0 Å². The highest BCUT2D eigenvalue weighted by atomic mass is 127. The first-order valence-corrected chi connectivity index (χ1v) is 3.03. The molecule has 1 aromatic rings. The van der Waals surface area contributed by atoms with Gasteiger partial charge in [0.1, 0.15) is 0 Å². The minimum atomic E-state index is 0. The summed E-state index contributed by atoms with van der Waals surface area (Å²) in [5, 5.41) is 0. The first-order chi connectivity index (χ1) is 3.97. The molecule has 0 saturated heterocycles. The quantitative estimate of drug-likeness (QED) is 0.704. The summed E-state index contributed by atoms with van der Waals surface area (Å²) in [7, 11) is 0. The van der Waals surface area contributed by atoms with Gasteiger partial charge in [0.15, 0.2) is 0 Å². The van der Waals surface area contributed by atoms with Crippen LogP contribution in [0.5, 0.6) is 0 Å². The fourth-order valence-corrected chi connectivity index (χ4v) is 1.14. The van der Waals surface area contributed by atoms with Crippen LogP contribution in [0.2, 0.25) is 0 Å². The van der Waals surface area contributed by atoms with Crippen LogP contribution >= 0.6 is 24.0 Å². The molecule has 2 heteroatoms. The number of rotatable bonds is 0. The molecule has 1 aliphatic rings. The second-order valence-corrected chi connectivity index (χ2v) is 2.27. The summed E-state index contributed by atoms with van der Waals surface area (Å²) in [6.07, 6.45) is 2.60. The second-order valence-electron chi connectivity index (χ2n) is 2.27. The molecule has 10 heavy (non-hydrogen) atoms. The van der Waals surface area contributed by atoms with Crippen LogP contribution in [0.3, 0.4) is 0 Å². The predicted molar refractivity (Wildman–Crippen MR) is 54.3 cm³/mol. The maximum atomic E-state index is 2.21. The Morgan fingerprint density at radius 2 is 1.30 bits per heavy atom. The molecule has 0 heterocycles. The summed E-state index contributed by atoms with van der Waals surface area (Å²) in [5.41, 5.74) is 3.10. The first kappa shape index (κ1) is 9.91. The minimum absolute atomic E-state index is 0. The SMILES string of the molecule is I.N.c1ccc2c(c1)CC2. The van der Waals surface area contributed by atoms with Gasteiger partial charge in [0, 0.05) is 0 Å². The highest BCUT2D eigenvalue weighted by Crippen LogP contribution is 2.20. The Labute approximate surface area is 78.4 Å². The third-order valence-corrected chi connectivity index (χ3v) is 1.78. The first-order valence-electron chi connectivity index (χ1n) is 3.03. The molecule has 0 aromatic heterocycles.